The van der Waals surface area contributed by atoms with Crippen LogP contribution in [0.1, 0.15) is 30.7 Å². The van der Waals surface area contributed by atoms with Crippen LogP contribution >= 0.6 is 0 Å². The summed E-state index contributed by atoms with van der Waals surface area (Å²) in [6.07, 6.45) is 6.68. The Morgan fingerprint density at radius 3 is 3.12 bits per heavy atom. The molecule has 0 aliphatic heterocycles. The third-order valence-electron chi connectivity index (χ3n) is 3.20. The average molecular weight is 224 g/mol. The molecule has 1 saturated carbocycles. The van der Waals surface area contributed by atoms with Gasteiger partial charge in [0.05, 0.1) is 12.3 Å². The minimum absolute atomic E-state index is 0.732. The quantitative estimate of drug-likeness (QED) is 0.717. The molecule has 1 N–H and O–H groups in total. The first-order valence-corrected chi connectivity index (χ1v) is 6.01. The second-order valence-corrected chi connectivity index (χ2v) is 4.39. The fraction of sp³-hybridized carbons (Fsp3) is 0.750. The van der Waals surface area contributed by atoms with Gasteiger partial charge in [0.1, 0.15) is 5.76 Å². The van der Waals surface area contributed by atoms with Crippen molar-refractivity contribution in [2.24, 2.45) is 5.92 Å². The van der Waals surface area contributed by atoms with E-state index in [9.17, 15) is 0 Å². The molecule has 0 spiro atoms. The Labute approximate surface area is 96.4 Å². The van der Waals surface area contributed by atoms with Gasteiger partial charge < -0.3 is 14.5 Å². The predicted molar refractivity (Wildman–Crippen MR) is 61.1 cm³/mol. The van der Waals surface area contributed by atoms with Crippen LogP contribution in [0.4, 0.5) is 0 Å². The Morgan fingerprint density at radius 1 is 1.56 bits per heavy atom. The van der Waals surface area contributed by atoms with Crippen molar-refractivity contribution < 1.29 is 9.15 Å². The van der Waals surface area contributed by atoms with Gasteiger partial charge in [0.15, 0.2) is 6.39 Å². The van der Waals surface area contributed by atoms with Crippen LogP contribution in [0.3, 0.4) is 0 Å². The third kappa shape index (κ3) is 3.06. The number of methoxy groups -OCH3 is 1. The summed E-state index contributed by atoms with van der Waals surface area (Å²) < 4.78 is 10.4. The first-order valence-electron chi connectivity index (χ1n) is 6.01. The number of hydrogen-bond acceptors (Lipinski definition) is 4. The van der Waals surface area contributed by atoms with E-state index in [0.29, 0.717) is 0 Å². The van der Waals surface area contributed by atoms with E-state index in [4.69, 9.17) is 9.15 Å². The fourth-order valence-electron chi connectivity index (χ4n) is 1.94. The zero-order valence-corrected chi connectivity index (χ0v) is 9.87. The summed E-state index contributed by atoms with van der Waals surface area (Å²) in [7, 11) is 1.71. The van der Waals surface area contributed by atoms with E-state index in [2.05, 4.69) is 10.3 Å². The molecule has 4 heteroatoms. The molecule has 1 heterocycles. The molecular weight excluding hydrogens is 204 g/mol. The van der Waals surface area contributed by atoms with Crippen LogP contribution < -0.4 is 5.32 Å². The number of nitrogens with one attached hydrogen (secondary N) is 1. The molecule has 4 nitrogen and oxygen atoms in total. The first kappa shape index (κ1) is 11.6. The van der Waals surface area contributed by atoms with Crippen molar-refractivity contribution in [1.29, 1.82) is 0 Å². The standard InChI is InChI=1S/C12H20N2O2/c1-15-6-5-13-8-11-12(16-9-14-11)7-10-3-2-4-10/h9-10,13H,2-8H2,1H3. The van der Waals surface area contributed by atoms with E-state index in [-0.39, 0.29) is 0 Å². The van der Waals surface area contributed by atoms with Crippen molar-refractivity contribution in [3.05, 3.63) is 17.8 Å². The van der Waals surface area contributed by atoms with Gasteiger partial charge in [0.25, 0.3) is 0 Å². The summed E-state index contributed by atoms with van der Waals surface area (Å²) in [4.78, 5) is 4.26. The van der Waals surface area contributed by atoms with Gasteiger partial charge in [-0.05, 0) is 5.92 Å². The Balaban J connectivity index is 1.76. The van der Waals surface area contributed by atoms with Crippen molar-refractivity contribution in [2.45, 2.75) is 32.2 Å². The zero-order chi connectivity index (χ0) is 11.2. The highest BCUT2D eigenvalue weighted by atomic mass is 16.5. The summed E-state index contributed by atoms with van der Waals surface area (Å²) in [5, 5.41) is 3.29. The van der Waals surface area contributed by atoms with E-state index in [0.717, 1.165) is 43.5 Å². The Kier molecular flexibility index (Phi) is 4.36. The lowest BCUT2D eigenvalue weighted by atomic mass is 9.82. The molecule has 2 rings (SSSR count). The van der Waals surface area contributed by atoms with E-state index >= 15 is 0 Å². The number of oxazole rings is 1. The van der Waals surface area contributed by atoms with Gasteiger partial charge >= 0.3 is 0 Å². The molecule has 0 amide bonds. The molecule has 1 fully saturated rings. The van der Waals surface area contributed by atoms with Gasteiger partial charge in [0, 0.05) is 26.6 Å². The smallest absolute Gasteiger partial charge is 0.181 e. The normalized spacial score (nSPS) is 16.3. The maximum atomic E-state index is 5.45. The summed E-state index contributed by atoms with van der Waals surface area (Å²) in [5.74, 6) is 1.89. The Bertz CT molecular complexity index is 308. The van der Waals surface area contributed by atoms with Crippen LogP contribution in [0, 0.1) is 5.92 Å². The fourth-order valence-corrected chi connectivity index (χ4v) is 1.94. The van der Waals surface area contributed by atoms with Gasteiger partial charge in [-0.1, -0.05) is 19.3 Å². The minimum Gasteiger partial charge on any atom is -0.448 e. The van der Waals surface area contributed by atoms with Crippen LogP contribution in [-0.2, 0) is 17.7 Å². The lowest BCUT2D eigenvalue weighted by Crippen LogP contribution is -2.20. The molecule has 0 saturated heterocycles. The second-order valence-electron chi connectivity index (χ2n) is 4.39. The molecule has 1 aromatic rings. The van der Waals surface area contributed by atoms with Crippen molar-refractivity contribution in [1.82, 2.24) is 10.3 Å². The van der Waals surface area contributed by atoms with E-state index < -0.39 is 0 Å². The van der Waals surface area contributed by atoms with Crippen molar-refractivity contribution >= 4 is 0 Å². The second kappa shape index (κ2) is 6.01. The third-order valence-corrected chi connectivity index (χ3v) is 3.20. The number of nitrogens with zero attached hydrogens (tertiary/aromatic N) is 1. The van der Waals surface area contributed by atoms with Gasteiger partial charge in [-0.15, -0.1) is 0 Å². The van der Waals surface area contributed by atoms with E-state index in [1.54, 1.807) is 13.5 Å². The highest BCUT2D eigenvalue weighted by Crippen LogP contribution is 2.30. The molecule has 1 aromatic heterocycles. The summed E-state index contributed by atoms with van der Waals surface area (Å²) in [6.45, 7) is 2.37. The van der Waals surface area contributed by atoms with Crippen LogP contribution in [0.15, 0.2) is 10.8 Å². The van der Waals surface area contributed by atoms with Crippen LogP contribution in [-0.4, -0.2) is 25.2 Å². The first-order chi connectivity index (χ1) is 7.90. The van der Waals surface area contributed by atoms with E-state index in [1.165, 1.54) is 19.3 Å². The Morgan fingerprint density at radius 2 is 2.44 bits per heavy atom. The topological polar surface area (TPSA) is 47.3 Å². The molecule has 0 unspecified atom stereocenters. The SMILES string of the molecule is COCCNCc1ncoc1CC1CCC1. The van der Waals surface area contributed by atoms with Crippen molar-refractivity contribution in [2.75, 3.05) is 20.3 Å². The molecule has 0 radical (unpaired) electrons. The highest BCUT2D eigenvalue weighted by molar-refractivity contribution is 5.08. The highest BCUT2D eigenvalue weighted by Gasteiger charge is 2.21. The largest absolute Gasteiger partial charge is 0.448 e. The molecule has 0 atom stereocenters. The van der Waals surface area contributed by atoms with Gasteiger partial charge in [-0.3, -0.25) is 0 Å². The molecule has 0 aromatic carbocycles. The lowest BCUT2D eigenvalue weighted by molar-refractivity contribution is 0.199. The summed E-state index contributed by atoms with van der Waals surface area (Å²) in [6, 6.07) is 0. The maximum Gasteiger partial charge on any atom is 0.181 e. The molecular formula is C12H20N2O2. The van der Waals surface area contributed by atoms with Gasteiger partial charge in [-0.2, -0.15) is 0 Å². The molecule has 16 heavy (non-hydrogen) atoms. The number of ether oxygens (including phenoxy) is 1. The maximum absolute atomic E-state index is 5.45. The summed E-state index contributed by atoms with van der Waals surface area (Å²) in [5.41, 5.74) is 1.06. The van der Waals surface area contributed by atoms with Crippen molar-refractivity contribution in [3.63, 3.8) is 0 Å². The Hall–Kier alpha value is -0.870. The monoisotopic (exact) mass is 224 g/mol. The number of aromatic nitrogens is 1. The van der Waals surface area contributed by atoms with Crippen LogP contribution in [0.5, 0.6) is 0 Å². The van der Waals surface area contributed by atoms with Crippen LogP contribution in [0.25, 0.3) is 0 Å². The van der Waals surface area contributed by atoms with Crippen LogP contribution in [0.2, 0.25) is 0 Å². The zero-order valence-electron chi connectivity index (χ0n) is 9.87. The number of hydrogen-bond donors (Lipinski definition) is 1. The van der Waals surface area contributed by atoms with Gasteiger partial charge in [0.2, 0.25) is 0 Å². The summed E-state index contributed by atoms with van der Waals surface area (Å²) >= 11 is 0. The van der Waals surface area contributed by atoms with E-state index in [1.807, 2.05) is 0 Å². The predicted octanol–water partition coefficient (Wildman–Crippen LogP) is 1.75. The lowest BCUT2D eigenvalue weighted by Gasteiger charge is -2.24. The average Bonchev–Trinajstić information content (AvgIpc) is 2.66. The van der Waals surface area contributed by atoms with Gasteiger partial charge in [-0.25, -0.2) is 4.98 Å². The molecule has 90 valence electrons. The molecule has 1 aliphatic rings. The molecule has 1 aliphatic carbocycles. The minimum atomic E-state index is 0.732. The van der Waals surface area contributed by atoms with Crippen molar-refractivity contribution in [3.8, 4) is 0 Å². The number of rotatable bonds is 7. The molecule has 0 bridgehead atoms.